The molecule has 0 amide bonds. The van der Waals surface area contributed by atoms with Crippen LogP contribution in [0.3, 0.4) is 0 Å². The Morgan fingerprint density at radius 1 is 1.28 bits per heavy atom. The van der Waals surface area contributed by atoms with Gasteiger partial charge in [0.2, 0.25) is 0 Å². The van der Waals surface area contributed by atoms with E-state index in [-0.39, 0.29) is 18.2 Å². The van der Waals surface area contributed by atoms with E-state index in [0.29, 0.717) is 18.8 Å². The van der Waals surface area contributed by atoms with Crippen LogP contribution in [0.4, 0.5) is 0 Å². The summed E-state index contributed by atoms with van der Waals surface area (Å²) in [5, 5.41) is 0. The number of hydrogen-bond acceptors (Lipinski definition) is 4. The standard InChI is InChI=1S/C21H24O4/c1-4-23-21(22)18-10-9-16(11-14(18)2)20-8-6-5-7-19(20)15(3)24-12-17-13-25-17/h5-11,15,17H,4,12-13H2,1-3H3/t15-,17+/m1/s1. The molecule has 2 aromatic carbocycles. The van der Waals surface area contributed by atoms with Crippen LogP contribution in [0.25, 0.3) is 11.1 Å². The van der Waals surface area contributed by atoms with Crippen molar-refractivity contribution in [2.45, 2.75) is 33.0 Å². The van der Waals surface area contributed by atoms with E-state index in [9.17, 15) is 4.79 Å². The number of rotatable bonds is 7. The van der Waals surface area contributed by atoms with Gasteiger partial charge in [-0.2, -0.15) is 0 Å². The Bertz CT molecular complexity index is 749. The van der Waals surface area contributed by atoms with Crippen molar-refractivity contribution in [3.63, 3.8) is 0 Å². The zero-order chi connectivity index (χ0) is 17.8. The first-order valence-corrected chi connectivity index (χ1v) is 8.70. The minimum Gasteiger partial charge on any atom is -0.462 e. The predicted molar refractivity (Wildman–Crippen MR) is 96.7 cm³/mol. The Morgan fingerprint density at radius 2 is 2.04 bits per heavy atom. The number of carbonyl (C=O) groups excluding carboxylic acids is 1. The van der Waals surface area contributed by atoms with Gasteiger partial charge >= 0.3 is 5.97 Å². The first-order chi connectivity index (χ1) is 12.1. The third-order valence-electron chi connectivity index (χ3n) is 4.37. The Kier molecular flexibility index (Phi) is 5.51. The summed E-state index contributed by atoms with van der Waals surface area (Å²) in [6.07, 6.45) is 0.228. The lowest BCUT2D eigenvalue weighted by Crippen LogP contribution is -2.08. The van der Waals surface area contributed by atoms with Crippen molar-refractivity contribution in [2.24, 2.45) is 0 Å². The zero-order valence-electron chi connectivity index (χ0n) is 15.0. The van der Waals surface area contributed by atoms with Gasteiger partial charge in [0.25, 0.3) is 0 Å². The van der Waals surface area contributed by atoms with Crippen molar-refractivity contribution >= 4 is 5.97 Å². The average molecular weight is 340 g/mol. The van der Waals surface area contributed by atoms with Gasteiger partial charge in [0, 0.05) is 0 Å². The highest BCUT2D eigenvalue weighted by Gasteiger charge is 2.24. The highest BCUT2D eigenvalue weighted by Crippen LogP contribution is 2.31. The molecule has 1 aliphatic heterocycles. The molecular weight excluding hydrogens is 316 g/mol. The van der Waals surface area contributed by atoms with Crippen molar-refractivity contribution in [1.82, 2.24) is 0 Å². The van der Waals surface area contributed by atoms with Crippen LogP contribution in [-0.4, -0.2) is 31.9 Å². The lowest BCUT2D eigenvalue weighted by atomic mass is 9.94. The van der Waals surface area contributed by atoms with Gasteiger partial charge in [-0.1, -0.05) is 36.4 Å². The van der Waals surface area contributed by atoms with E-state index in [2.05, 4.69) is 19.1 Å². The van der Waals surface area contributed by atoms with Gasteiger partial charge in [0.15, 0.2) is 0 Å². The molecule has 0 radical (unpaired) electrons. The number of esters is 1. The molecule has 1 fully saturated rings. The van der Waals surface area contributed by atoms with Crippen molar-refractivity contribution in [3.05, 3.63) is 59.2 Å². The van der Waals surface area contributed by atoms with Gasteiger partial charge in [-0.3, -0.25) is 0 Å². The first kappa shape index (κ1) is 17.6. The fraction of sp³-hybridized carbons (Fsp3) is 0.381. The minimum atomic E-state index is -0.277. The number of carbonyl (C=O) groups is 1. The van der Waals surface area contributed by atoms with E-state index in [0.717, 1.165) is 28.9 Å². The second kappa shape index (κ2) is 7.81. The quantitative estimate of drug-likeness (QED) is 0.556. The molecule has 1 aliphatic rings. The Balaban J connectivity index is 1.85. The zero-order valence-corrected chi connectivity index (χ0v) is 15.0. The first-order valence-electron chi connectivity index (χ1n) is 8.70. The van der Waals surface area contributed by atoms with Crippen LogP contribution in [-0.2, 0) is 14.2 Å². The Labute approximate surface area is 148 Å². The van der Waals surface area contributed by atoms with Crippen LogP contribution in [0.2, 0.25) is 0 Å². The van der Waals surface area contributed by atoms with E-state index in [1.807, 2.05) is 44.2 Å². The van der Waals surface area contributed by atoms with Crippen molar-refractivity contribution in [2.75, 3.05) is 19.8 Å². The molecule has 0 aliphatic carbocycles. The number of benzene rings is 2. The monoisotopic (exact) mass is 340 g/mol. The molecule has 0 saturated carbocycles. The number of epoxide rings is 1. The van der Waals surface area contributed by atoms with E-state index in [1.165, 1.54) is 0 Å². The molecule has 132 valence electrons. The summed E-state index contributed by atoms with van der Waals surface area (Å²) in [5.74, 6) is -0.277. The van der Waals surface area contributed by atoms with Gasteiger partial charge < -0.3 is 14.2 Å². The molecule has 4 heteroatoms. The summed E-state index contributed by atoms with van der Waals surface area (Å²) in [6.45, 7) is 7.59. The molecule has 0 aromatic heterocycles. The highest BCUT2D eigenvalue weighted by molar-refractivity contribution is 5.92. The number of aryl methyl sites for hydroxylation is 1. The number of hydrogen-bond donors (Lipinski definition) is 0. The number of ether oxygens (including phenoxy) is 3. The fourth-order valence-corrected chi connectivity index (χ4v) is 2.89. The predicted octanol–water partition coefficient (Wildman–Crippen LogP) is 4.32. The second-order valence-electron chi connectivity index (χ2n) is 6.27. The second-order valence-corrected chi connectivity index (χ2v) is 6.27. The maximum Gasteiger partial charge on any atom is 0.338 e. The molecule has 0 N–H and O–H groups in total. The summed E-state index contributed by atoms with van der Waals surface area (Å²) < 4.78 is 16.3. The van der Waals surface area contributed by atoms with Crippen LogP contribution < -0.4 is 0 Å². The maximum absolute atomic E-state index is 12.0. The molecular formula is C21H24O4. The van der Waals surface area contributed by atoms with Gasteiger partial charge in [0.1, 0.15) is 6.10 Å². The molecule has 25 heavy (non-hydrogen) atoms. The van der Waals surface area contributed by atoms with E-state index < -0.39 is 0 Å². The lowest BCUT2D eigenvalue weighted by molar-refractivity contribution is 0.0525. The van der Waals surface area contributed by atoms with E-state index in [1.54, 1.807) is 0 Å². The Morgan fingerprint density at radius 3 is 2.72 bits per heavy atom. The Hall–Kier alpha value is -2.17. The van der Waals surface area contributed by atoms with Gasteiger partial charge in [-0.05, 0) is 49.1 Å². The normalized spacial score (nSPS) is 17.2. The smallest absolute Gasteiger partial charge is 0.338 e. The molecule has 0 spiro atoms. The molecule has 3 rings (SSSR count). The van der Waals surface area contributed by atoms with Crippen molar-refractivity contribution < 1.29 is 19.0 Å². The van der Waals surface area contributed by atoms with Crippen LogP contribution in [0.5, 0.6) is 0 Å². The van der Waals surface area contributed by atoms with Crippen LogP contribution in [0.15, 0.2) is 42.5 Å². The topological polar surface area (TPSA) is 48.1 Å². The molecule has 0 unspecified atom stereocenters. The largest absolute Gasteiger partial charge is 0.462 e. The molecule has 1 saturated heterocycles. The third kappa shape index (κ3) is 4.27. The van der Waals surface area contributed by atoms with Crippen LogP contribution in [0.1, 0.15) is 41.4 Å². The fourth-order valence-electron chi connectivity index (χ4n) is 2.89. The maximum atomic E-state index is 12.0. The van der Waals surface area contributed by atoms with Gasteiger partial charge in [0.05, 0.1) is 31.5 Å². The van der Waals surface area contributed by atoms with Gasteiger partial charge in [-0.15, -0.1) is 0 Å². The molecule has 2 aromatic rings. The van der Waals surface area contributed by atoms with Crippen LogP contribution >= 0.6 is 0 Å². The van der Waals surface area contributed by atoms with Crippen LogP contribution in [0, 0.1) is 6.92 Å². The summed E-state index contributed by atoms with van der Waals surface area (Å²) in [4.78, 5) is 12.0. The van der Waals surface area contributed by atoms with E-state index >= 15 is 0 Å². The molecule has 1 heterocycles. The summed E-state index contributed by atoms with van der Waals surface area (Å²) in [7, 11) is 0. The molecule has 4 nitrogen and oxygen atoms in total. The minimum absolute atomic E-state index is 0.0227. The van der Waals surface area contributed by atoms with Gasteiger partial charge in [-0.25, -0.2) is 4.79 Å². The SMILES string of the molecule is CCOC(=O)c1ccc(-c2ccccc2[C@@H](C)OC[C@H]2CO2)cc1C. The highest BCUT2D eigenvalue weighted by atomic mass is 16.6. The molecule has 2 atom stereocenters. The summed E-state index contributed by atoms with van der Waals surface area (Å²) in [6, 6.07) is 14.0. The average Bonchev–Trinajstić information content (AvgIpc) is 3.44. The van der Waals surface area contributed by atoms with Crippen molar-refractivity contribution in [1.29, 1.82) is 0 Å². The third-order valence-corrected chi connectivity index (χ3v) is 4.37. The van der Waals surface area contributed by atoms with E-state index in [4.69, 9.17) is 14.2 Å². The summed E-state index contributed by atoms with van der Waals surface area (Å²) in [5.41, 5.74) is 4.83. The lowest BCUT2D eigenvalue weighted by Gasteiger charge is -2.18. The van der Waals surface area contributed by atoms with Crippen molar-refractivity contribution in [3.8, 4) is 11.1 Å². The summed E-state index contributed by atoms with van der Waals surface area (Å²) >= 11 is 0. The molecule has 0 bridgehead atoms.